The molecule has 1 aliphatic heterocycles. The van der Waals surface area contributed by atoms with Crippen molar-refractivity contribution in [2.45, 2.75) is 39.2 Å². The Morgan fingerprint density at radius 1 is 1.50 bits per heavy atom. The van der Waals surface area contributed by atoms with Gasteiger partial charge in [0.05, 0.1) is 25.7 Å². The average molecular weight is 229 g/mol. The second kappa shape index (κ2) is 7.63. The molecule has 1 saturated heterocycles. The zero-order valence-electron chi connectivity index (χ0n) is 10.4. The number of ether oxygens (including phenoxy) is 2. The van der Waals surface area contributed by atoms with Gasteiger partial charge in [-0.05, 0) is 19.9 Å². The van der Waals surface area contributed by atoms with Gasteiger partial charge in [0.25, 0.3) is 0 Å². The summed E-state index contributed by atoms with van der Waals surface area (Å²) < 4.78 is 10.5. The number of unbranched alkanes of at least 4 members (excludes halogenated alkanes) is 1. The third-order valence-corrected chi connectivity index (χ3v) is 2.75. The molecule has 1 fully saturated rings. The van der Waals surface area contributed by atoms with Gasteiger partial charge in [0, 0.05) is 13.1 Å². The maximum atomic E-state index is 11.3. The molecule has 1 unspecified atom stereocenters. The molecular formula is C12H23NO3. The highest BCUT2D eigenvalue weighted by molar-refractivity contribution is 5.69. The molecule has 94 valence electrons. The molecule has 0 aromatic carbocycles. The van der Waals surface area contributed by atoms with Crippen molar-refractivity contribution in [1.29, 1.82) is 0 Å². The fourth-order valence-corrected chi connectivity index (χ4v) is 1.89. The van der Waals surface area contributed by atoms with Crippen molar-refractivity contribution in [2.75, 3.05) is 32.8 Å². The molecule has 0 bridgehead atoms. The number of carbonyl (C=O) groups is 1. The molecule has 0 radical (unpaired) electrons. The molecule has 1 heterocycles. The van der Waals surface area contributed by atoms with E-state index < -0.39 is 0 Å². The second-order valence-electron chi connectivity index (χ2n) is 4.16. The molecule has 0 aromatic rings. The summed E-state index contributed by atoms with van der Waals surface area (Å²) in [5, 5.41) is 0. The average Bonchev–Trinajstić information content (AvgIpc) is 2.27. The lowest BCUT2D eigenvalue weighted by molar-refractivity contribution is -0.148. The Morgan fingerprint density at radius 2 is 2.31 bits per heavy atom. The SMILES string of the molecule is CCCCN1CCOC(CC(=O)OCC)C1. The third-order valence-electron chi connectivity index (χ3n) is 2.75. The fourth-order valence-electron chi connectivity index (χ4n) is 1.89. The van der Waals surface area contributed by atoms with Gasteiger partial charge in [-0.3, -0.25) is 9.69 Å². The molecule has 0 aliphatic carbocycles. The predicted octanol–water partition coefficient (Wildman–Crippen LogP) is 1.44. The van der Waals surface area contributed by atoms with E-state index in [0.29, 0.717) is 13.0 Å². The number of nitrogens with zero attached hydrogens (tertiary/aromatic N) is 1. The van der Waals surface area contributed by atoms with E-state index in [9.17, 15) is 4.79 Å². The van der Waals surface area contributed by atoms with Crippen LogP contribution in [-0.2, 0) is 14.3 Å². The molecule has 0 N–H and O–H groups in total. The van der Waals surface area contributed by atoms with Crippen molar-refractivity contribution in [3.05, 3.63) is 0 Å². The van der Waals surface area contributed by atoms with E-state index in [1.54, 1.807) is 0 Å². The van der Waals surface area contributed by atoms with Crippen LogP contribution < -0.4 is 0 Å². The molecule has 0 saturated carbocycles. The topological polar surface area (TPSA) is 38.8 Å². The molecule has 1 rings (SSSR count). The maximum absolute atomic E-state index is 11.3. The van der Waals surface area contributed by atoms with E-state index in [4.69, 9.17) is 9.47 Å². The minimum absolute atomic E-state index is 0.0182. The number of rotatable bonds is 6. The van der Waals surface area contributed by atoms with E-state index in [1.165, 1.54) is 12.8 Å². The highest BCUT2D eigenvalue weighted by Gasteiger charge is 2.22. The van der Waals surface area contributed by atoms with E-state index >= 15 is 0 Å². The van der Waals surface area contributed by atoms with Gasteiger partial charge in [0.15, 0.2) is 0 Å². The van der Waals surface area contributed by atoms with Crippen LogP contribution >= 0.6 is 0 Å². The maximum Gasteiger partial charge on any atom is 0.308 e. The van der Waals surface area contributed by atoms with Crippen molar-refractivity contribution >= 4 is 5.97 Å². The minimum Gasteiger partial charge on any atom is -0.466 e. The zero-order valence-corrected chi connectivity index (χ0v) is 10.4. The van der Waals surface area contributed by atoms with Crippen molar-refractivity contribution in [3.8, 4) is 0 Å². The van der Waals surface area contributed by atoms with Crippen LogP contribution in [0, 0.1) is 0 Å². The van der Waals surface area contributed by atoms with E-state index in [2.05, 4.69) is 11.8 Å². The van der Waals surface area contributed by atoms with Gasteiger partial charge in [-0.1, -0.05) is 13.3 Å². The summed E-state index contributed by atoms with van der Waals surface area (Å²) in [6, 6.07) is 0. The van der Waals surface area contributed by atoms with E-state index in [-0.39, 0.29) is 12.1 Å². The Hall–Kier alpha value is -0.610. The van der Waals surface area contributed by atoms with Crippen LogP contribution in [0.15, 0.2) is 0 Å². The number of hydrogen-bond acceptors (Lipinski definition) is 4. The van der Waals surface area contributed by atoms with Gasteiger partial charge in [-0.15, -0.1) is 0 Å². The predicted molar refractivity (Wildman–Crippen MR) is 62.3 cm³/mol. The first-order valence-corrected chi connectivity index (χ1v) is 6.25. The summed E-state index contributed by atoms with van der Waals surface area (Å²) in [7, 11) is 0. The summed E-state index contributed by atoms with van der Waals surface area (Å²) in [4.78, 5) is 13.7. The second-order valence-corrected chi connectivity index (χ2v) is 4.16. The van der Waals surface area contributed by atoms with Crippen molar-refractivity contribution in [2.24, 2.45) is 0 Å². The van der Waals surface area contributed by atoms with Crippen molar-refractivity contribution in [3.63, 3.8) is 0 Å². The van der Waals surface area contributed by atoms with Crippen LogP contribution in [0.3, 0.4) is 0 Å². The molecule has 4 heteroatoms. The lowest BCUT2D eigenvalue weighted by Gasteiger charge is -2.32. The van der Waals surface area contributed by atoms with Gasteiger partial charge in [-0.2, -0.15) is 0 Å². The molecule has 1 atom stereocenters. The monoisotopic (exact) mass is 229 g/mol. The molecule has 0 spiro atoms. The summed E-state index contributed by atoms with van der Waals surface area (Å²) >= 11 is 0. The molecule has 0 amide bonds. The van der Waals surface area contributed by atoms with E-state index in [0.717, 1.165) is 26.2 Å². The quantitative estimate of drug-likeness (QED) is 0.646. The Kier molecular flexibility index (Phi) is 6.42. The zero-order chi connectivity index (χ0) is 11.8. The lowest BCUT2D eigenvalue weighted by atomic mass is 10.2. The normalized spacial score (nSPS) is 22.0. The van der Waals surface area contributed by atoms with Crippen molar-refractivity contribution in [1.82, 2.24) is 4.90 Å². The van der Waals surface area contributed by atoms with Gasteiger partial charge in [0.2, 0.25) is 0 Å². The van der Waals surface area contributed by atoms with Gasteiger partial charge in [-0.25, -0.2) is 0 Å². The smallest absolute Gasteiger partial charge is 0.308 e. The first kappa shape index (κ1) is 13.5. The van der Waals surface area contributed by atoms with Crippen LogP contribution in [0.25, 0.3) is 0 Å². The number of esters is 1. The Labute approximate surface area is 97.9 Å². The van der Waals surface area contributed by atoms with Crippen LogP contribution in [-0.4, -0.2) is 49.8 Å². The lowest BCUT2D eigenvalue weighted by Crippen LogP contribution is -2.43. The molecular weight excluding hydrogens is 206 g/mol. The largest absolute Gasteiger partial charge is 0.466 e. The van der Waals surface area contributed by atoms with Crippen LogP contribution in [0.4, 0.5) is 0 Å². The Morgan fingerprint density at radius 3 is 3.00 bits per heavy atom. The minimum atomic E-state index is -0.148. The van der Waals surface area contributed by atoms with Crippen LogP contribution in [0.1, 0.15) is 33.1 Å². The first-order valence-electron chi connectivity index (χ1n) is 6.25. The highest BCUT2D eigenvalue weighted by atomic mass is 16.5. The van der Waals surface area contributed by atoms with Crippen LogP contribution in [0.5, 0.6) is 0 Å². The summed E-state index contributed by atoms with van der Waals surface area (Å²) in [6.07, 6.45) is 2.83. The standard InChI is InChI=1S/C12H23NO3/c1-3-5-6-13-7-8-16-11(10-13)9-12(14)15-4-2/h11H,3-10H2,1-2H3. The first-order chi connectivity index (χ1) is 7.76. The molecule has 4 nitrogen and oxygen atoms in total. The Bertz CT molecular complexity index is 208. The third kappa shape index (κ3) is 4.94. The Balaban J connectivity index is 2.24. The molecule has 0 aromatic heterocycles. The number of hydrogen-bond donors (Lipinski definition) is 0. The van der Waals surface area contributed by atoms with Crippen LogP contribution in [0.2, 0.25) is 0 Å². The molecule has 1 aliphatic rings. The molecule has 16 heavy (non-hydrogen) atoms. The van der Waals surface area contributed by atoms with Crippen molar-refractivity contribution < 1.29 is 14.3 Å². The number of morpholine rings is 1. The van der Waals surface area contributed by atoms with Gasteiger partial charge >= 0.3 is 5.97 Å². The van der Waals surface area contributed by atoms with Gasteiger partial charge < -0.3 is 9.47 Å². The van der Waals surface area contributed by atoms with Gasteiger partial charge in [0.1, 0.15) is 0 Å². The fraction of sp³-hybridized carbons (Fsp3) is 0.917. The summed E-state index contributed by atoms with van der Waals surface area (Å²) in [5.41, 5.74) is 0. The summed E-state index contributed by atoms with van der Waals surface area (Å²) in [6.45, 7) is 8.15. The van der Waals surface area contributed by atoms with E-state index in [1.807, 2.05) is 6.92 Å². The summed E-state index contributed by atoms with van der Waals surface area (Å²) in [5.74, 6) is -0.148. The number of carbonyl (C=O) groups excluding carboxylic acids is 1. The highest BCUT2D eigenvalue weighted by Crippen LogP contribution is 2.10.